The Labute approximate surface area is 47.4 Å². The van der Waals surface area contributed by atoms with E-state index in [2.05, 4.69) is 0 Å². The summed E-state index contributed by atoms with van der Waals surface area (Å²) in [6, 6.07) is 0. The van der Waals surface area contributed by atoms with Crippen LogP contribution < -0.4 is 0 Å². The summed E-state index contributed by atoms with van der Waals surface area (Å²) in [7, 11) is -3.13. The third-order valence-corrected chi connectivity index (χ3v) is 0. The predicted octanol–water partition coefficient (Wildman–Crippen LogP) is -0.761. The molecule has 0 aliphatic heterocycles. The molecule has 0 aromatic heterocycles. The Morgan fingerprint density at radius 2 is 1.33 bits per heavy atom. The summed E-state index contributed by atoms with van der Waals surface area (Å²) in [5.41, 5.74) is 0. The van der Waals surface area contributed by atoms with Gasteiger partial charge in [0.25, 0.3) is 0 Å². The molecular formula is H3O4PTa. The Bertz CT molecular complexity index is 38.8. The van der Waals surface area contributed by atoms with Crippen LogP contribution in [0.3, 0.4) is 0 Å². The number of rotatable bonds is 0. The van der Waals surface area contributed by atoms with E-state index in [0.717, 1.165) is 0 Å². The molecule has 0 saturated heterocycles. The molecule has 6 heavy (non-hydrogen) atoms. The van der Waals surface area contributed by atoms with E-state index in [0.29, 0.717) is 0 Å². The van der Waals surface area contributed by atoms with E-state index in [-0.39, 0.29) is 21.0 Å². The van der Waals surface area contributed by atoms with Crippen molar-refractivity contribution in [2.45, 2.75) is 0 Å². The molecular weight excluding hydrogens is 276 g/mol. The first kappa shape index (κ1) is 9.85. The van der Waals surface area contributed by atoms with Crippen LogP contribution in [0.15, 0.2) is 0 Å². The monoisotopic (exact) mass is 279 g/mol. The number of hydrogen-bond acceptors (Lipinski definition) is 2. The molecule has 0 bridgehead atoms. The summed E-state index contributed by atoms with van der Waals surface area (Å²) in [5.74, 6) is 0. The van der Waals surface area contributed by atoms with Crippen LogP contribution in [0.2, 0.25) is 0 Å². The van der Waals surface area contributed by atoms with Gasteiger partial charge in [-0.2, -0.15) is 0 Å². The van der Waals surface area contributed by atoms with Crippen LogP contribution >= 0.6 is 8.25 Å². The normalized spacial score (nSPS) is 6.33. The van der Waals surface area contributed by atoms with Crippen molar-refractivity contribution in [2.24, 2.45) is 0 Å². The van der Waals surface area contributed by atoms with Crippen molar-refractivity contribution < 1.29 is 38.6 Å². The van der Waals surface area contributed by atoms with E-state index in [9.17, 15) is 0 Å². The maximum atomic E-state index is 8.74. The maximum absolute atomic E-state index is 8.74. The first-order chi connectivity index (χ1) is 2.73. The summed E-state index contributed by atoms with van der Waals surface area (Å²) in [6.07, 6.45) is 0. The average Bonchev–Trinajstić information content (AvgIpc) is 1.41. The van der Waals surface area contributed by atoms with Crippen LogP contribution in [0, 0.1) is 0 Å². The molecule has 6 heteroatoms. The van der Waals surface area contributed by atoms with Crippen LogP contribution in [0.5, 0.6) is 0 Å². The fraction of sp³-hybridized carbons (Fsp3) is 0. The molecule has 0 aromatic carbocycles. The van der Waals surface area contributed by atoms with Crippen LogP contribution in [-0.2, 0) is 28.9 Å². The zero-order chi connectivity index (χ0) is 5.58. The summed E-state index contributed by atoms with van der Waals surface area (Å²) < 4.78 is 17.1. The molecule has 2 N–H and O–H groups in total. The van der Waals surface area contributed by atoms with Gasteiger partial charge in [-0.05, 0) is 0 Å². The van der Waals surface area contributed by atoms with Gasteiger partial charge in [0.15, 0.2) is 0 Å². The minimum atomic E-state index is -3.13. The van der Waals surface area contributed by atoms with Crippen LogP contribution in [0.4, 0.5) is 0 Å². The summed E-state index contributed by atoms with van der Waals surface area (Å²) in [5, 5.41) is 0. The van der Waals surface area contributed by atoms with Crippen molar-refractivity contribution in [1.29, 1.82) is 0 Å². The van der Waals surface area contributed by atoms with Gasteiger partial charge in [-0.1, -0.05) is 0 Å². The Morgan fingerprint density at radius 3 is 1.33 bits per heavy atom. The second kappa shape index (κ2) is 9.19. The molecule has 0 saturated carbocycles. The van der Waals surface area contributed by atoms with Gasteiger partial charge in [-0.15, -0.1) is 0 Å². The van der Waals surface area contributed by atoms with Gasteiger partial charge in [0.2, 0.25) is 0 Å². The summed E-state index contributed by atoms with van der Waals surface area (Å²) >= 11 is 0.194. The average molecular weight is 279 g/mol. The fourth-order valence-electron chi connectivity index (χ4n) is 0. The Kier molecular flexibility index (Phi) is 15.1. The molecule has 37 valence electrons. The molecule has 0 unspecified atom stereocenters. The first-order valence-corrected chi connectivity index (χ1v) is 3.45. The molecule has 0 rings (SSSR count). The van der Waals surface area contributed by atoms with Crippen molar-refractivity contribution in [3.8, 4) is 0 Å². The number of hydrogen-bond donors (Lipinski definition) is 2. The SMILES string of the molecule is O=[PH](O)O.[O]=[Ta]. The summed E-state index contributed by atoms with van der Waals surface area (Å²) in [4.78, 5) is 14.3. The molecule has 4 nitrogen and oxygen atoms in total. The van der Waals surface area contributed by atoms with Crippen molar-refractivity contribution in [3.63, 3.8) is 0 Å². The molecule has 0 aliphatic carbocycles. The first-order valence-electron chi connectivity index (χ1n) is 0.834. The standard InChI is InChI=1S/H3O3P.O.Ta/c1-4(2)3;;/h4H,(H2,1,2,3);;. The van der Waals surface area contributed by atoms with Crippen LogP contribution in [0.25, 0.3) is 0 Å². The van der Waals surface area contributed by atoms with Gasteiger partial charge in [0.1, 0.15) is 0 Å². The quantitative estimate of drug-likeness (QED) is 0.571. The molecule has 0 amide bonds. The molecule has 0 atom stereocenters. The zero-order valence-corrected chi connectivity index (χ0v) is 6.87. The van der Waals surface area contributed by atoms with Crippen LogP contribution in [0.1, 0.15) is 0 Å². The second-order valence-corrected chi connectivity index (χ2v) is 0.848. The molecule has 0 aliphatic rings. The van der Waals surface area contributed by atoms with Gasteiger partial charge in [-0.25, -0.2) is 0 Å². The Hall–Kier alpha value is 0.690. The molecule has 0 aromatic rings. The molecule has 0 spiro atoms. The van der Waals surface area contributed by atoms with Gasteiger partial charge < -0.3 is 9.79 Å². The second-order valence-electron chi connectivity index (χ2n) is 0.283. The predicted molar refractivity (Wildman–Crippen MR) is 14.1 cm³/mol. The Morgan fingerprint density at radius 1 is 1.33 bits per heavy atom. The van der Waals surface area contributed by atoms with Crippen molar-refractivity contribution >= 4 is 8.25 Å². The fourth-order valence-corrected chi connectivity index (χ4v) is 0. The van der Waals surface area contributed by atoms with Crippen molar-refractivity contribution in [2.75, 3.05) is 0 Å². The van der Waals surface area contributed by atoms with E-state index in [1.54, 1.807) is 0 Å². The van der Waals surface area contributed by atoms with E-state index in [1.807, 2.05) is 0 Å². The van der Waals surface area contributed by atoms with E-state index in [4.69, 9.17) is 17.6 Å². The van der Waals surface area contributed by atoms with E-state index < -0.39 is 8.25 Å². The topological polar surface area (TPSA) is 74.6 Å². The third-order valence-electron chi connectivity index (χ3n) is 0. The zero-order valence-electron chi connectivity index (χ0n) is 2.66. The van der Waals surface area contributed by atoms with Gasteiger partial charge >= 0.3 is 32.5 Å². The van der Waals surface area contributed by atoms with Crippen LogP contribution in [-0.4, -0.2) is 9.79 Å². The van der Waals surface area contributed by atoms with E-state index in [1.165, 1.54) is 0 Å². The molecule has 0 radical (unpaired) electrons. The van der Waals surface area contributed by atoms with Gasteiger partial charge in [-0.3, -0.25) is 4.57 Å². The van der Waals surface area contributed by atoms with Gasteiger partial charge in [0.05, 0.1) is 0 Å². The molecule has 0 heterocycles. The Balaban J connectivity index is 0. The van der Waals surface area contributed by atoms with Gasteiger partial charge in [0, 0.05) is 0 Å². The third kappa shape index (κ3) is 134. The van der Waals surface area contributed by atoms with E-state index >= 15 is 0 Å². The molecule has 0 fully saturated rings. The van der Waals surface area contributed by atoms with Crippen molar-refractivity contribution in [3.05, 3.63) is 0 Å². The van der Waals surface area contributed by atoms with Crippen molar-refractivity contribution in [1.82, 2.24) is 0 Å². The minimum absolute atomic E-state index is 0.194. The summed E-state index contributed by atoms with van der Waals surface area (Å²) in [6.45, 7) is 0.